The molecule has 0 aromatic carbocycles. The Morgan fingerprint density at radius 1 is 1.33 bits per heavy atom. The molecule has 2 N–H and O–H groups in total. The summed E-state index contributed by atoms with van der Waals surface area (Å²) >= 11 is 0. The van der Waals surface area contributed by atoms with Gasteiger partial charge in [-0.3, -0.25) is 4.90 Å². The molecule has 2 aliphatic heterocycles. The number of ether oxygens (including phenoxy) is 1. The SMILES string of the molecule is CC1CCN(C(CN)C2CCOCC2)C1. The Morgan fingerprint density at radius 3 is 2.60 bits per heavy atom. The lowest BCUT2D eigenvalue weighted by molar-refractivity contribution is 0.0326. The van der Waals surface area contributed by atoms with Crippen LogP contribution in [0.5, 0.6) is 0 Å². The van der Waals surface area contributed by atoms with Crippen LogP contribution in [0, 0.1) is 11.8 Å². The summed E-state index contributed by atoms with van der Waals surface area (Å²) in [6.07, 6.45) is 3.75. The Bertz CT molecular complexity index is 187. The minimum atomic E-state index is 0.610. The largest absolute Gasteiger partial charge is 0.381 e. The van der Waals surface area contributed by atoms with Gasteiger partial charge in [0, 0.05) is 32.3 Å². The molecule has 0 spiro atoms. The molecule has 2 rings (SSSR count). The molecule has 3 nitrogen and oxygen atoms in total. The maximum absolute atomic E-state index is 5.95. The first kappa shape index (κ1) is 11.4. The first-order valence-corrected chi connectivity index (χ1v) is 6.33. The van der Waals surface area contributed by atoms with E-state index in [1.807, 2.05) is 0 Å². The summed E-state index contributed by atoms with van der Waals surface area (Å²) in [7, 11) is 0. The van der Waals surface area contributed by atoms with Crippen LogP contribution in [-0.2, 0) is 4.74 Å². The fraction of sp³-hybridized carbons (Fsp3) is 1.00. The van der Waals surface area contributed by atoms with Crippen LogP contribution in [0.1, 0.15) is 26.2 Å². The van der Waals surface area contributed by atoms with E-state index in [2.05, 4.69) is 11.8 Å². The van der Waals surface area contributed by atoms with E-state index in [1.54, 1.807) is 0 Å². The van der Waals surface area contributed by atoms with Gasteiger partial charge in [-0.05, 0) is 37.6 Å². The summed E-state index contributed by atoms with van der Waals surface area (Å²) in [5.74, 6) is 1.63. The van der Waals surface area contributed by atoms with Gasteiger partial charge in [-0.15, -0.1) is 0 Å². The van der Waals surface area contributed by atoms with Gasteiger partial charge in [-0.25, -0.2) is 0 Å². The van der Waals surface area contributed by atoms with Crippen LogP contribution >= 0.6 is 0 Å². The van der Waals surface area contributed by atoms with E-state index in [0.717, 1.165) is 31.6 Å². The van der Waals surface area contributed by atoms with Crippen LogP contribution in [0.15, 0.2) is 0 Å². The van der Waals surface area contributed by atoms with Gasteiger partial charge in [0.25, 0.3) is 0 Å². The van der Waals surface area contributed by atoms with E-state index in [9.17, 15) is 0 Å². The molecule has 0 saturated carbocycles. The second-order valence-electron chi connectivity index (χ2n) is 5.14. The minimum Gasteiger partial charge on any atom is -0.381 e. The summed E-state index contributed by atoms with van der Waals surface area (Å²) in [4.78, 5) is 2.61. The summed E-state index contributed by atoms with van der Waals surface area (Å²) in [5.41, 5.74) is 5.95. The predicted octanol–water partition coefficient (Wildman–Crippen LogP) is 1.08. The van der Waals surface area contributed by atoms with Gasteiger partial charge in [0.15, 0.2) is 0 Å². The molecule has 2 fully saturated rings. The van der Waals surface area contributed by atoms with E-state index in [4.69, 9.17) is 10.5 Å². The van der Waals surface area contributed by atoms with Gasteiger partial charge in [0.05, 0.1) is 0 Å². The molecule has 0 aromatic rings. The van der Waals surface area contributed by atoms with Crippen molar-refractivity contribution in [1.29, 1.82) is 0 Å². The fourth-order valence-electron chi connectivity index (χ4n) is 3.01. The Labute approximate surface area is 93.0 Å². The molecular formula is C12H24N2O. The smallest absolute Gasteiger partial charge is 0.0469 e. The second-order valence-corrected chi connectivity index (χ2v) is 5.14. The van der Waals surface area contributed by atoms with Crippen LogP contribution in [0.25, 0.3) is 0 Å². The lowest BCUT2D eigenvalue weighted by Crippen LogP contribution is -2.46. The van der Waals surface area contributed by atoms with Crippen molar-refractivity contribution >= 4 is 0 Å². The van der Waals surface area contributed by atoms with Crippen molar-refractivity contribution in [3.8, 4) is 0 Å². The van der Waals surface area contributed by atoms with Crippen molar-refractivity contribution in [1.82, 2.24) is 4.90 Å². The molecule has 2 heterocycles. The number of nitrogens with two attached hydrogens (primary N) is 1. The third-order valence-electron chi connectivity index (χ3n) is 3.98. The van der Waals surface area contributed by atoms with Crippen LogP contribution < -0.4 is 5.73 Å². The standard InChI is InChI=1S/C12H24N2O/c1-10-2-5-14(9-10)12(8-13)11-3-6-15-7-4-11/h10-12H,2-9,13H2,1H3. The fourth-order valence-corrected chi connectivity index (χ4v) is 3.01. The molecule has 0 aromatic heterocycles. The number of nitrogens with zero attached hydrogens (tertiary/aromatic N) is 1. The third kappa shape index (κ3) is 2.71. The van der Waals surface area contributed by atoms with Crippen molar-refractivity contribution in [3.63, 3.8) is 0 Å². The molecule has 0 bridgehead atoms. The molecule has 15 heavy (non-hydrogen) atoms. The van der Waals surface area contributed by atoms with Crippen LogP contribution in [-0.4, -0.2) is 43.8 Å². The van der Waals surface area contributed by atoms with E-state index in [0.29, 0.717) is 6.04 Å². The molecule has 3 heteroatoms. The average Bonchev–Trinajstić information content (AvgIpc) is 2.68. The zero-order chi connectivity index (χ0) is 10.7. The van der Waals surface area contributed by atoms with Crippen molar-refractivity contribution in [2.75, 3.05) is 32.8 Å². The monoisotopic (exact) mass is 212 g/mol. The van der Waals surface area contributed by atoms with Crippen molar-refractivity contribution in [2.45, 2.75) is 32.2 Å². The maximum atomic E-state index is 5.95. The molecular weight excluding hydrogens is 188 g/mol. The lowest BCUT2D eigenvalue weighted by Gasteiger charge is -2.35. The van der Waals surface area contributed by atoms with Gasteiger partial charge in [0.2, 0.25) is 0 Å². The van der Waals surface area contributed by atoms with Crippen molar-refractivity contribution in [2.24, 2.45) is 17.6 Å². The first-order chi connectivity index (χ1) is 7.31. The second kappa shape index (κ2) is 5.28. The highest BCUT2D eigenvalue weighted by atomic mass is 16.5. The van der Waals surface area contributed by atoms with E-state index >= 15 is 0 Å². The Balaban J connectivity index is 1.90. The quantitative estimate of drug-likeness (QED) is 0.761. The van der Waals surface area contributed by atoms with Gasteiger partial charge in [-0.2, -0.15) is 0 Å². The Kier molecular flexibility index (Phi) is 4.00. The van der Waals surface area contributed by atoms with Crippen molar-refractivity contribution < 1.29 is 4.74 Å². The molecule has 2 saturated heterocycles. The molecule has 88 valence electrons. The van der Waals surface area contributed by atoms with Gasteiger partial charge in [0.1, 0.15) is 0 Å². The predicted molar refractivity (Wildman–Crippen MR) is 61.7 cm³/mol. The molecule has 0 amide bonds. The molecule has 2 atom stereocenters. The number of hydrogen-bond acceptors (Lipinski definition) is 3. The highest BCUT2D eigenvalue weighted by Crippen LogP contribution is 2.26. The molecule has 2 aliphatic rings. The van der Waals surface area contributed by atoms with Crippen LogP contribution in [0.4, 0.5) is 0 Å². The van der Waals surface area contributed by atoms with E-state index < -0.39 is 0 Å². The average molecular weight is 212 g/mol. The topological polar surface area (TPSA) is 38.5 Å². The number of rotatable bonds is 3. The zero-order valence-electron chi connectivity index (χ0n) is 9.82. The normalized spacial score (nSPS) is 32.0. The van der Waals surface area contributed by atoms with Gasteiger partial charge in [-0.1, -0.05) is 6.92 Å². The Morgan fingerprint density at radius 2 is 2.07 bits per heavy atom. The van der Waals surface area contributed by atoms with Crippen molar-refractivity contribution in [3.05, 3.63) is 0 Å². The summed E-state index contributed by atoms with van der Waals surface area (Å²) in [5, 5.41) is 0. The third-order valence-corrected chi connectivity index (χ3v) is 3.98. The van der Waals surface area contributed by atoms with E-state index in [-0.39, 0.29) is 0 Å². The Hall–Kier alpha value is -0.120. The number of hydrogen-bond donors (Lipinski definition) is 1. The number of likely N-dealkylation sites (tertiary alicyclic amines) is 1. The van der Waals surface area contributed by atoms with Crippen LogP contribution in [0.3, 0.4) is 0 Å². The highest BCUT2D eigenvalue weighted by molar-refractivity contribution is 4.86. The van der Waals surface area contributed by atoms with Gasteiger partial charge < -0.3 is 10.5 Å². The lowest BCUT2D eigenvalue weighted by atomic mass is 9.91. The minimum absolute atomic E-state index is 0.610. The molecule has 0 aliphatic carbocycles. The molecule has 2 unspecified atom stereocenters. The first-order valence-electron chi connectivity index (χ1n) is 6.33. The van der Waals surface area contributed by atoms with Gasteiger partial charge >= 0.3 is 0 Å². The summed E-state index contributed by atoms with van der Waals surface area (Å²) < 4.78 is 5.42. The van der Waals surface area contributed by atoms with E-state index in [1.165, 1.54) is 32.4 Å². The molecule has 0 radical (unpaired) electrons. The maximum Gasteiger partial charge on any atom is 0.0469 e. The zero-order valence-corrected chi connectivity index (χ0v) is 9.82. The summed E-state index contributed by atoms with van der Waals surface area (Å²) in [6, 6.07) is 0.610. The van der Waals surface area contributed by atoms with Crippen LogP contribution in [0.2, 0.25) is 0 Å². The summed E-state index contributed by atoms with van der Waals surface area (Å²) in [6.45, 7) is 7.53. The highest BCUT2D eigenvalue weighted by Gasteiger charge is 2.31.